The number of benzene rings is 1. The van der Waals surface area contributed by atoms with Gasteiger partial charge in [-0.15, -0.1) is 0 Å². The van der Waals surface area contributed by atoms with Crippen molar-refractivity contribution in [3.8, 4) is 0 Å². The number of anilines is 1. The van der Waals surface area contributed by atoms with Crippen molar-refractivity contribution in [2.45, 2.75) is 44.7 Å². The van der Waals surface area contributed by atoms with Gasteiger partial charge in [-0.1, -0.05) is 11.6 Å². The fourth-order valence-electron chi connectivity index (χ4n) is 3.29. The van der Waals surface area contributed by atoms with Crippen molar-refractivity contribution in [1.29, 1.82) is 5.41 Å². The molecule has 1 heterocycles. The predicted molar refractivity (Wildman–Crippen MR) is 132 cm³/mol. The Labute approximate surface area is 198 Å². The van der Waals surface area contributed by atoms with Gasteiger partial charge in [-0.2, -0.15) is 4.98 Å². The van der Waals surface area contributed by atoms with Crippen LogP contribution in [0, 0.1) is 5.41 Å². The second-order valence-electron chi connectivity index (χ2n) is 7.67. The van der Waals surface area contributed by atoms with E-state index in [0.717, 1.165) is 38.6 Å². The number of nitrogens with two attached hydrogens (primary N) is 2. The Morgan fingerprint density at radius 3 is 2.52 bits per heavy atom. The van der Waals surface area contributed by atoms with E-state index in [-0.39, 0.29) is 23.7 Å². The normalized spacial score (nSPS) is 11.7. The van der Waals surface area contributed by atoms with Gasteiger partial charge < -0.3 is 27.4 Å². The maximum atomic E-state index is 12.4. The summed E-state index contributed by atoms with van der Waals surface area (Å²) in [7, 11) is 0. The van der Waals surface area contributed by atoms with Gasteiger partial charge in [0, 0.05) is 35.9 Å². The van der Waals surface area contributed by atoms with Crippen LogP contribution in [0.5, 0.6) is 0 Å². The highest BCUT2D eigenvalue weighted by molar-refractivity contribution is 6.30. The summed E-state index contributed by atoms with van der Waals surface area (Å²) in [4.78, 5) is 28.6. The summed E-state index contributed by atoms with van der Waals surface area (Å²) in [6.45, 7) is 2.65. The fraction of sp³-hybridized carbons (Fsp3) is 0.455. The Morgan fingerprint density at radius 1 is 1.12 bits per heavy atom. The van der Waals surface area contributed by atoms with Crippen molar-refractivity contribution in [2.24, 2.45) is 11.5 Å². The molecule has 0 aliphatic rings. The zero-order valence-electron chi connectivity index (χ0n) is 18.6. The van der Waals surface area contributed by atoms with E-state index in [9.17, 15) is 9.59 Å². The Bertz CT molecular complexity index is 948. The van der Waals surface area contributed by atoms with E-state index in [1.54, 1.807) is 36.5 Å². The smallest absolute Gasteiger partial charge is 0.349 e. The molecule has 10 nitrogen and oxygen atoms in total. The van der Waals surface area contributed by atoms with Crippen molar-refractivity contribution >= 4 is 29.3 Å². The minimum atomic E-state index is -0.415. The second-order valence-corrected chi connectivity index (χ2v) is 8.10. The lowest BCUT2D eigenvalue weighted by atomic mass is 10.1. The Kier molecular flexibility index (Phi) is 11.4. The molecule has 33 heavy (non-hydrogen) atoms. The molecular weight excluding hydrogens is 444 g/mol. The number of carbonyl (C=O) groups excluding carboxylic acids is 1. The molecule has 2 aromatic rings. The lowest BCUT2D eigenvalue weighted by Gasteiger charge is -2.19. The molecule has 0 saturated heterocycles. The zero-order chi connectivity index (χ0) is 24.1. The summed E-state index contributed by atoms with van der Waals surface area (Å²) in [5, 5.41) is 16.7. The van der Waals surface area contributed by atoms with Crippen molar-refractivity contribution < 1.29 is 4.79 Å². The van der Waals surface area contributed by atoms with Crippen LogP contribution in [0.15, 0.2) is 41.3 Å². The number of halogens is 1. The highest BCUT2D eigenvalue weighted by atomic mass is 35.5. The van der Waals surface area contributed by atoms with Crippen LogP contribution in [-0.2, 0) is 6.54 Å². The highest BCUT2D eigenvalue weighted by Gasteiger charge is 2.10. The number of amides is 1. The number of carbonyl (C=O) groups is 1. The third kappa shape index (κ3) is 10.0. The first kappa shape index (κ1) is 26.3. The fourth-order valence-corrected chi connectivity index (χ4v) is 3.42. The van der Waals surface area contributed by atoms with Gasteiger partial charge in [0.25, 0.3) is 5.91 Å². The molecule has 0 spiro atoms. The summed E-state index contributed by atoms with van der Waals surface area (Å²) >= 11 is 5.84. The topological polar surface area (TPSA) is 164 Å². The Hall–Kier alpha value is -2.95. The van der Waals surface area contributed by atoms with E-state index in [4.69, 9.17) is 28.5 Å². The van der Waals surface area contributed by atoms with E-state index in [1.807, 2.05) is 0 Å². The van der Waals surface area contributed by atoms with Gasteiger partial charge in [-0.25, -0.2) is 4.79 Å². The molecular formula is C22H33ClN8O2. The Morgan fingerprint density at radius 2 is 1.85 bits per heavy atom. The molecule has 8 N–H and O–H groups in total. The molecule has 0 fully saturated rings. The number of aryl methyl sites for hydroxylation is 1. The highest BCUT2D eigenvalue weighted by Crippen LogP contribution is 2.11. The van der Waals surface area contributed by atoms with E-state index in [0.29, 0.717) is 30.2 Å². The third-order valence-electron chi connectivity index (χ3n) is 5.03. The summed E-state index contributed by atoms with van der Waals surface area (Å²) < 4.78 is 1.53. The largest absolute Gasteiger partial charge is 0.370 e. The summed E-state index contributed by atoms with van der Waals surface area (Å²) in [5.74, 6) is -0.181. The minimum absolute atomic E-state index is 0.0256. The van der Waals surface area contributed by atoms with Crippen LogP contribution in [0.1, 0.15) is 42.5 Å². The first-order valence-electron chi connectivity index (χ1n) is 11.0. The first-order chi connectivity index (χ1) is 15.9. The number of hydrogen-bond acceptors (Lipinski definition) is 6. The van der Waals surface area contributed by atoms with Gasteiger partial charge in [0.2, 0.25) is 0 Å². The molecule has 1 atom stereocenters. The average molecular weight is 477 g/mol. The maximum Gasteiger partial charge on any atom is 0.349 e. The molecule has 1 aromatic carbocycles. The summed E-state index contributed by atoms with van der Waals surface area (Å²) in [6.07, 6.45) is 6.01. The molecule has 2 rings (SSSR count). The zero-order valence-corrected chi connectivity index (χ0v) is 19.4. The molecule has 0 aliphatic heterocycles. The second kappa shape index (κ2) is 14.2. The maximum absolute atomic E-state index is 12.4. The standard InChI is InChI=1S/C22H33ClN8O2/c23-17-8-6-16(7-9-17)20(32)29-19-10-15-31(22(33)30-19)14-2-5-18(27-13-3-11-24)4-1-12-28-21(25)26/h6-10,15,18,27H,1-5,11-14,24H2,(H4,25,26,28)(H,29,30,32,33)/t18-/m0/s1. The van der Waals surface area contributed by atoms with E-state index >= 15 is 0 Å². The van der Waals surface area contributed by atoms with Crippen molar-refractivity contribution in [1.82, 2.24) is 20.2 Å². The monoisotopic (exact) mass is 476 g/mol. The van der Waals surface area contributed by atoms with Crippen molar-refractivity contribution in [3.05, 3.63) is 57.6 Å². The van der Waals surface area contributed by atoms with Crippen LogP contribution in [0.25, 0.3) is 0 Å². The SMILES string of the molecule is N=C(N)NCCC[C@@H](CCCn1ccc(NC(=O)c2ccc(Cl)cc2)nc1=O)NCCCN. The average Bonchev–Trinajstić information content (AvgIpc) is 2.78. The van der Waals surface area contributed by atoms with Crippen molar-refractivity contribution in [3.63, 3.8) is 0 Å². The van der Waals surface area contributed by atoms with Crippen LogP contribution in [0.4, 0.5) is 5.82 Å². The van der Waals surface area contributed by atoms with Gasteiger partial charge in [-0.05, 0) is 75.5 Å². The molecule has 0 unspecified atom stereocenters. The quantitative estimate of drug-likeness (QED) is 0.136. The molecule has 1 amide bonds. The molecule has 11 heteroatoms. The van der Waals surface area contributed by atoms with Crippen LogP contribution in [0.3, 0.4) is 0 Å². The van der Waals surface area contributed by atoms with Crippen LogP contribution in [0.2, 0.25) is 5.02 Å². The molecule has 1 aromatic heterocycles. The number of nitrogens with one attached hydrogen (secondary N) is 4. The molecule has 180 valence electrons. The number of aromatic nitrogens is 2. The third-order valence-corrected chi connectivity index (χ3v) is 5.28. The summed E-state index contributed by atoms with van der Waals surface area (Å²) in [5.41, 5.74) is 10.9. The van der Waals surface area contributed by atoms with Crippen LogP contribution >= 0.6 is 11.6 Å². The molecule has 0 bridgehead atoms. The summed E-state index contributed by atoms with van der Waals surface area (Å²) in [6, 6.07) is 8.35. The van der Waals surface area contributed by atoms with Gasteiger partial charge in [0.1, 0.15) is 5.82 Å². The number of guanidine groups is 1. The predicted octanol–water partition coefficient (Wildman–Crippen LogP) is 1.50. The lowest BCUT2D eigenvalue weighted by Crippen LogP contribution is -2.34. The van der Waals surface area contributed by atoms with Crippen LogP contribution in [-0.4, -0.2) is 47.1 Å². The molecule has 0 radical (unpaired) electrons. The Balaban J connectivity index is 1.85. The van der Waals surface area contributed by atoms with Gasteiger partial charge >= 0.3 is 5.69 Å². The first-order valence-corrected chi connectivity index (χ1v) is 11.4. The van der Waals surface area contributed by atoms with E-state index in [2.05, 4.69) is 20.9 Å². The molecule has 0 saturated carbocycles. The van der Waals surface area contributed by atoms with Crippen molar-refractivity contribution in [2.75, 3.05) is 25.0 Å². The van der Waals surface area contributed by atoms with Crippen LogP contribution < -0.4 is 33.1 Å². The minimum Gasteiger partial charge on any atom is -0.370 e. The number of rotatable bonds is 14. The van der Waals surface area contributed by atoms with Gasteiger partial charge in [0.15, 0.2) is 5.96 Å². The van der Waals surface area contributed by atoms with E-state index < -0.39 is 5.69 Å². The molecule has 0 aliphatic carbocycles. The number of hydrogen-bond donors (Lipinski definition) is 6. The van der Waals surface area contributed by atoms with Gasteiger partial charge in [0.05, 0.1) is 0 Å². The number of nitrogens with zero attached hydrogens (tertiary/aromatic N) is 2. The lowest BCUT2D eigenvalue weighted by molar-refractivity contribution is 0.102. The van der Waals surface area contributed by atoms with Gasteiger partial charge in [-0.3, -0.25) is 14.8 Å². The van der Waals surface area contributed by atoms with E-state index in [1.165, 1.54) is 4.57 Å².